The van der Waals surface area contributed by atoms with Crippen LogP contribution in [0.4, 0.5) is 0 Å². The third-order valence-electron chi connectivity index (χ3n) is 2.62. The molecule has 1 aromatic carbocycles. The predicted molar refractivity (Wildman–Crippen MR) is 61.7 cm³/mol. The lowest BCUT2D eigenvalue weighted by molar-refractivity contribution is 0.0830. The van der Waals surface area contributed by atoms with Gasteiger partial charge in [0, 0.05) is 6.54 Å². The van der Waals surface area contributed by atoms with Gasteiger partial charge in [-0.2, -0.15) is 0 Å². The minimum atomic E-state index is 0.312. The van der Waals surface area contributed by atoms with Gasteiger partial charge in [-0.05, 0) is 18.1 Å². The second-order valence-electron chi connectivity index (χ2n) is 4.10. The summed E-state index contributed by atoms with van der Waals surface area (Å²) in [6, 6.07) is 8.76. The number of rotatable bonds is 3. The Morgan fingerprint density at radius 3 is 3.13 bits per heavy atom. The van der Waals surface area contributed by atoms with Gasteiger partial charge in [0.2, 0.25) is 0 Å². The van der Waals surface area contributed by atoms with E-state index in [0.717, 1.165) is 25.3 Å². The highest BCUT2D eigenvalue weighted by atomic mass is 16.5. The van der Waals surface area contributed by atoms with Gasteiger partial charge in [0.15, 0.2) is 0 Å². The molecular weight excluding hydrogens is 186 g/mol. The van der Waals surface area contributed by atoms with E-state index in [4.69, 9.17) is 4.74 Å². The molecule has 1 aliphatic heterocycles. The van der Waals surface area contributed by atoms with Gasteiger partial charge in [-0.25, -0.2) is 0 Å². The smallest absolute Gasteiger partial charge is 0.0721 e. The molecule has 0 aromatic heterocycles. The summed E-state index contributed by atoms with van der Waals surface area (Å²) in [5.74, 6) is 0. The van der Waals surface area contributed by atoms with E-state index < -0.39 is 0 Å². The molecular formula is C13H17NO. The zero-order valence-electron chi connectivity index (χ0n) is 9.12. The monoisotopic (exact) mass is 203 g/mol. The Balaban J connectivity index is 2.11. The van der Waals surface area contributed by atoms with E-state index in [2.05, 4.69) is 36.2 Å². The molecule has 2 rings (SSSR count). The van der Waals surface area contributed by atoms with Crippen LogP contribution in [-0.2, 0) is 11.3 Å². The summed E-state index contributed by atoms with van der Waals surface area (Å²) in [6.45, 7) is 8.26. The van der Waals surface area contributed by atoms with E-state index in [1.165, 1.54) is 11.1 Å². The number of hydrogen-bond acceptors (Lipinski definition) is 2. The second-order valence-corrected chi connectivity index (χ2v) is 4.10. The average molecular weight is 203 g/mol. The Morgan fingerprint density at radius 1 is 1.53 bits per heavy atom. The number of hydrogen-bond donors (Lipinski definition) is 1. The van der Waals surface area contributed by atoms with Crippen LogP contribution in [0.3, 0.4) is 0 Å². The Labute approximate surface area is 91.0 Å². The van der Waals surface area contributed by atoms with Gasteiger partial charge in [-0.3, -0.25) is 0 Å². The molecule has 0 fully saturated rings. The highest BCUT2D eigenvalue weighted by Gasteiger charge is 2.19. The first-order valence-corrected chi connectivity index (χ1v) is 5.30. The van der Waals surface area contributed by atoms with Gasteiger partial charge in [-0.15, -0.1) is 0 Å². The van der Waals surface area contributed by atoms with Crippen molar-refractivity contribution in [3.05, 3.63) is 47.5 Å². The molecule has 1 N–H and O–H groups in total. The zero-order valence-corrected chi connectivity index (χ0v) is 9.12. The third-order valence-corrected chi connectivity index (χ3v) is 2.62. The van der Waals surface area contributed by atoms with Crippen molar-refractivity contribution in [1.29, 1.82) is 0 Å². The van der Waals surface area contributed by atoms with E-state index in [9.17, 15) is 0 Å². The van der Waals surface area contributed by atoms with Gasteiger partial charge in [0.25, 0.3) is 0 Å². The third kappa shape index (κ3) is 2.46. The van der Waals surface area contributed by atoms with Crippen molar-refractivity contribution in [2.24, 2.45) is 0 Å². The van der Waals surface area contributed by atoms with Gasteiger partial charge in [0.1, 0.15) is 0 Å². The van der Waals surface area contributed by atoms with Gasteiger partial charge in [-0.1, -0.05) is 36.4 Å². The molecule has 1 unspecified atom stereocenters. The first-order chi connectivity index (χ1) is 7.27. The normalized spacial score (nSPS) is 19.7. The van der Waals surface area contributed by atoms with Crippen LogP contribution in [0.25, 0.3) is 0 Å². The van der Waals surface area contributed by atoms with E-state index in [0.29, 0.717) is 6.04 Å². The maximum atomic E-state index is 5.55. The molecule has 1 atom stereocenters. The summed E-state index contributed by atoms with van der Waals surface area (Å²) in [4.78, 5) is 0. The van der Waals surface area contributed by atoms with Crippen LogP contribution >= 0.6 is 0 Å². The Hall–Kier alpha value is -1.12. The van der Waals surface area contributed by atoms with Crippen LogP contribution < -0.4 is 5.32 Å². The van der Waals surface area contributed by atoms with Crippen molar-refractivity contribution in [2.75, 3.05) is 13.2 Å². The summed E-state index contributed by atoms with van der Waals surface area (Å²) >= 11 is 0. The molecule has 1 heterocycles. The fourth-order valence-electron chi connectivity index (χ4n) is 1.85. The molecule has 0 aliphatic carbocycles. The van der Waals surface area contributed by atoms with E-state index in [1.807, 2.05) is 6.92 Å². The highest BCUT2D eigenvalue weighted by Crippen LogP contribution is 2.24. The molecule has 0 radical (unpaired) electrons. The topological polar surface area (TPSA) is 21.3 Å². The van der Waals surface area contributed by atoms with Crippen molar-refractivity contribution < 1.29 is 4.74 Å². The summed E-state index contributed by atoms with van der Waals surface area (Å²) in [7, 11) is 0. The minimum absolute atomic E-state index is 0.312. The molecule has 2 nitrogen and oxygen atoms in total. The first kappa shape index (κ1) is 10.4. The van der Waals surface area contributed by atoms with Crippen LogP contribution in [0.5, 0.6) is 0 Å². The molecule has 0 saturated heterocycles. The van der Waals surface area contributed by atoms with Gasteiger partial charge >= 0.3 is 0 Å². The van der Waals surface area contributed by atoms with Crippen LogP contribution in [-0.4, -0.2) is 13.2 Å². The summed E-state index contributed by atoms with van der Waals surface area (Å²) in [5, 5.41) is 3.45. The molecule has 15 heavy (non-hydrogen) atoms. The summed E-state index contributed by atoms with van der Waals surface area (Å²) < 4.78 is 5.55. The van der Waals surface area contributed by atoms with Crippen molar-refractivity contribution in [2.45, 2.75) is 19.6 Å². The molecule has 0 amide bonds. The SMILES string of the molecule is C=C(C)CNC1COCc2ccccc21. The lowest BCUT2D eigenvalue weighted by Gasteiger charge is -2.26. The number of benzene rings is 1. The second kappa shape index (κ2) is 4.60. The maximum Gasteiger partial charge on any atom is 0.0721 e. The summed E-state index contributed by atoms with van der Waals surface area (Å²) in [5.41, 5.74) is 3.81. The van der Waals surface area contributed by atoms with E-state index in [-0.39, 0.29) is 0 Å². The van der Waals surface area contributed by atoms with Crippen LogP contribution in [0.2, 0.25) is 0 Å². The average Bonchev–Trinajstić information content (AvgIpc) is 2.26. The molecule has 1 aromatic rings. The van der Waals surface area contributed by atoms with Crippen molar-refractivity contribution in [3.63, 3.8) is 0 Å². The number of nitrogens with one attached hydrogen (secondary N) is 1. The quantitative estimate of drug-likeness (QED) is 0.762. The lowest BCUT2D eigenvalue weighted by Crippen LogP contribution is -2.30. The Bertz CT molecular complexity index is 359. The molecule has 80 valence electrons. The molecule has 0 saturated carbocycles. The largest absolute Gasteiger partial charge is 0.375 e. The summed E-state index contributed by atoms with van der Waals surface area (Å²) in [6.07, 6.45) is 0. The fraction of sp³-hybridized carbons (Fsp3) is 0.385. The standard InChI is InChI=1S/C13H17NO/c1-10(2)7-14-13-9-15-8-11-5-3-4-6-12(11)13/h3-6,13-14H,1,7-9H2,2H3. The molecule has 1 aliphatic rings. The van der Waals surface area contributed by atoms with Crippen molar-refractivity contribution in [1.82, 2.24) is 5.32 Å². The Kier molecular flexibility index (Phi) is 3.19. The molecule has 2 heteroatoms. The Morgan fingerprint density at radius 2 is 2.33 bits per heavy atom. The maximum absolute atomic E-state index is 5.55. The highest BCUT2D eigenvalue weighted by molar-refractivity contribution is 5.31. The first-order valence-electron chi connectivity index (χ1n) is 5.30. The number of ether oxygens (including phenoxy) is 1. The number of fused-ring (bicyclic) bond motifs is 1. The van der Waals surface area contributed by atoms with Crippen molar-refractivity contribution >= 4 is 0 Å². The lowest BCUT2D eigenvalue weighted by atomic mass is 9.99. The van der Waals surface area contributed by atoms with E-state index >= 15 is 0 Å². The zero-order chi connectivity index (χ0) is 10.7. The van der Waals surface area contributed by atoms with E-state index in [1.54, 1.807) is 0 Å². The van der Waals surface area contributed by atoms with Crippen LogP contribution in [0, 0.1) is 0 Å². The van der Waals surface area contributed by atoms with Gasteiger partial charge < -0.3 is 10.1 Å². The van der Waals surface area contributed by atoms with Crippen molar-refractivity contribution in [3.8, 4) is 0 Å². The van der Waals surface area contributed by atoms with Gasteiger partial charge in [0.05, 0.1) is 19.3 Å². The van der Waals surface area contributed by atoms with Crippen LogP contribution in [0.15, 0.2) is 36.4 Å². The fourth-order valence-corrected chi connectivity index (χ4v) is 1.85. The predicted octanol–water partition coefficient (Wildman–Crippen LogP) is 2.42. The molecule has 0 spiro atoms. The molecule has 0 bridgehead atoms. The van der Waals surface area contributed by atoms with Crippen LogP contribution in [0.1, 0.15) is 24.1 Å². The minimum Gasteiger partial charge on any atom is -0.375 e.